The minimum Gasteiger partial charge on any atom is -0.375 e. The SMILES string of the molecule is CC1(C)CCC(OC2CCCC2)CC1. The zero-order valence-corrected chi connectivity index (χ0v) is 9.72. The Hall–Kier alpha value is -0.0400. The van der Waals surface area contributed by atoms with Gasteiger partial charge in [-0.05, 0) is 43.9 Å². The van der Waals surface area contributed by atoms with Crippen LogP contribution in [0.4, 0.5) is 0 Å². The Morgan fingerprint density at radius 3 is 1.93 bits per heavy atom. The third-order valence-electron chi connectivity index (χ3n) is 3.97. The van der Waals surface area contributed by atoms with Gasteiger partial charge < -0.3 is 4.74 Å². The maximum Gasteiger partial charge on any atom is 0.0579 e. The normalized spacial score (nSPS) is 29.6. The first-order valence-electron chi connectivity index (χ1n) is 6.31. The topological polar surface area (TPSA) is 9.23 Å². The van der Waals surface area contributed by atoms with Gasteiger partial charge in [-0.15, -0.1) is 0 Å². The smallest absolute Gasteiger partial charge is 0.0579 e. The molecule has 2 saturated carbocycles. The van der Waals surface area contributed by atoms with E-state index in [1.54, 1.807) is 0 Å². The quantitative estimate of drug-likeness (QED) is 0.650. The van der Waals surface area contributed by atoms with E-state index in [9.17, 15) is 0 Å². The van der Waals surface area contributed by atoms with Crippen molar-refractivity contribution in [3.8, 4) is 0 Å². The van der Waals surface area contributed by atoms with E-state index < -0.39 is 0 Å². The zero-order valence-electron chi connectivity index (χ0n) is 9.72. The largest absolute Gasteiger partial charge is 0.375 e. The highest BCUT2D eigenvalue weighted by Gasteiger charge is 2.29. The van der Waals surface area contributed by atoms with Crippen molar-refractivity contribution in [2.24, 2.45) is 5.41 Å². The molecule has 0 aliphatic heterocycles. The fourth-order valence-corrected chi connectivity index (χ4v) is 2.81. The standard InChI is InChI=1S/C13H24O/c1-13(2)9-7-12(8-10-13)14-11-5-3-4-6-11/h11-12H,3-10H2,1-2H3. The summed E-state index contributed by atoms with van der Waals surface area (Å²) in [4.78, 5) is 0. The number of hydrogen-bond donors (Lipinski definition) is 0. The van der Waals surface area contributed by atoms with Crippen molar-refractivity contribution in [3.63, 3.8) is 0 Å². The summed E-state index contributed by atoms with van der Waals surface area (Å²) in [5.41, 5.74) is 0.579. The van der Waals surface area contributed by atoms with Crippen molar-refractivity contribution < 1.29 is 4.74 Å². The Labute approximate surface area is 88.2 Å². The summed E-state index contributed by atoms with van der Waals surface area (Å²) in [6, 6.07) is 0. The van der Waals surface area contributed by atoms with Crippen molar-refractivity contribution in [1.82, 2.24) is 0 Å². The Morgan fingerprint density at radius 2 is 1.36 bits per heavy atom. The van der Waals surface area contributed by atoms with Gasteiger partial charge in [0.25, 0.3) is 0 Å². The lowest BCUT2D eigenvalue weighted by molar-refractivity contribution is -0.0418. The second-order valence-electron chi connectivity index (χ2n) is 5.91. The van der Waals surface area contributed by atoms with E-state index in [0.717, 1.165) is 0 Å². The highest BCUT2D eigenvalue weighted by atomic mass is 16.5. The Balaban J connectivity index is 1.72. The first-order valence-corrected chi connectivity index (χ1v) is 6.31. The summed E-state index contributed by atoms with van der Waals surface area (Å²) in [7, 11) is 0. The molecule has 2 aliphatic rings. The van der Waals surface area contributed by atoms with E-state index in [4.69, 9.17) is 4.74 Å². The Kier molecular flexibility index (Phi) is 3.16. The number of rotatable bonds is 2. The fourth-order valence-electron chi connectivity index (χ4n) is 2.81. The molecule has 0 aromatic heterocycles. The number of hydrogen-bond acceptors (Lipinski definition) is 1. The van der Waals surface area contributed by atoms with E-state index in [2.05, 4.69) is 13.8 Å². The number of ether oxygens (including phenoxy) is 1. The summed E-state index contributed by atoms with van der Waals surface area (Å²) in [6.45, 7) is 4.78. The Bertz CT molecular complexity index is 170. The molecule has 0 aromatic carbocycles. The molecule has 0 unspecified atom stereocenters. The molecular weight excluding hydrogens is 172 g/mol. The van der Waals surface area contributed by atoms with Crippen LogP contribution in [-0.4, -0.2) is 12.2 Å². The lowest BCUT2D eigenvalue weighted by Crippen LogP contribution is -2.29. The van der Waals surface area contributed by atoms with Gasteiger partial charge in [0.05, 0.1) is 12.2 Å². The van der Waals surface area contributed by atoms with Gasteiger partial charge in [0.2, 0.25) is 0 Å². The van der Waals surface area contributed by atoms with Gasteiger partial charge in [0, 0.05) is 0 Å². The van der Waals surface area contributed by atoms with Gasteiger partial charge in [-0.25, -0.2) is 0 Å². The van der Waals surface area contributed by atoms with Crippen LogP contribution < -0.4 is 0 Å². The van der Waals surface area contributed by atoms with Crippen molar-refractivity contribution >= 4 is 0 Å². The van der Waals surface area contributed by atoms with E-state index in [-0.39, 0.29) is 0 Å². The van der Waals surface area contributed by atoms with Gasteiger partial charge in [-0.1, -0.05) is 26.7 Å². The molecule has 0 amide bonds. The monoisotopic (exact) mass is 196 g/mol. The van der Waals surface area contributed by atoms with E-state index in [1.807, 2.05) is 0 Å². The fraction of sp³-hybridized carbons (Fsp3) is 1.00. The minimum atomic E-state index is 0.579. The van der Waals surface area contributed by atoms with Crippen molar-refractivity contribution in [3.05, 3.63) is 0 Å². The molecule has 0 aromatic rings. The van der Waals surface area contributed by atoms with Gasteiger partial charge in [-0.3, -0.25) is 0 Å². The lowest BCUT2D eigenvalue weighted by atomic mass is 9.76. The first kappa shape index (κ1) is 10.5. The summed E-state index contributed by atoms with van der Waals surface area (Å²) in [5, 5.41) is 0. The first-order chi connectivity index (χ1) is 6.66. The average molecular weight is 196 g/mol. The predicted octanol–water partition coefficient (Wildman–Crippen LogP) is 3.91. The second-order valence-corrected chi connectivity index (χ2v) is 5.91. The third kappa shape index (κ3) is 2.73. The van der Waals surface area contributed by atoms with E-state index in [1.165, 1.54) is 51.4 Å². The maximum absolute atomic E-state index is 6.15. The predicted molar refractivity (Wildman–Crippen MR) is 59.4 cm³/mol. The van der Waals surface area contributed by atoms with Crippen LogP contribution in [0.1, 0.15) is 65.2 Å². The average Bonchev–Trinajstić information content (AvgIpc) is 2.61. The molecule has 2 fully saturated rings. The van der Waals surface area contributed by atoms with Crippen LogP contribution in [0.25, 0.3) is 0 Å². The third-order valence-corrected chi connectivity index (χ3v) is 3.97. The summed E-state index contributed by atoms with van der Waals surface area (Å²) in [5.74, 6) is 0. The van der Waals surface area contributed by atoms with Crippen molar-refractivity contribution in [2.45, 2.75) is 77.4 Å². The van der Waals surface area contributed by atoms with Crippen LogP contribution in [0.3, 0.4) is 0 Å². The van der Waals surface area contributed by atoms with Crippen LogP contribution in [-0.2, 0) is 4.74 Å². The minimum absolute atomic E-state index is 0.579. The van der Waals surface area contributed by atoms with E-state index in [0.29, 0.717) is 17.6 Å². The summed E-state index contributed by atoms with van der Waals surface area (Å²) < 4.78 is 6.15. The van der Waals surface area contributed by atoms with Gasteiger partial charge in [-0.2, -0.15) is 0 Å². The van der Waals surface area contributed by atoms with Crippen LogP contribution in [0.5, 0.6) is 0 Å². The molecule has 0 heterocycles. The van der Waals surface area contributed by atoms with Gasteiger partial charge in [0.15, 0.2) is 0 Å². The Morgan fingerprint density at radius 1 is 0.857 bits per heavy atom. The molecule has 0 spiro atoms. The van der Waals surface area contributed by atoms with Crippen LogP contribution in [0.2, 0.25) is 0 Å². The summed E-state index contributed by atoms with van der Waals surface area (Å²) in [6.07, 6.45) is 11.9. The zero-order chi connectivity index (χ0) is 10.0. The van der Waals surface area contributed by atoms with Crippen LogP contribution in [0, 0.1) is 5.41 Å². The summed E-state index contributed by atoms with van der Waals surface area (Å²) >= 11 is 0. The molecule has 14 heavy (non-hydrogen) atoms. The van der Waals surface area contributed by atoms with Gasteiger partial charge in [0.1, 0.15) is 0 Å². The molecule has 82 valence electrons. The molecule has 2 aliphatic carbocycles. The van der Waals surface area contributed by atoms with Crippen LogP contribution in [0.15, 0.2) is 0 Å². The second kappa shape index (κ2) is 4.22. The highest BCUT2D eigenvalue weighted by Crippen LogP contribution is 2.37. The highest BCUT2D eigenvalue weighted by molar-refractivity contribution is 4.80. The van der Waals surface area contributed by atoms with E-state index >= 15 is 0 Å². The molecule has 0 saturated heterocycles. The molecule has 0 N–H and O–H groups in total. The molecule has 0 radical (unpaired) electrons. The molecule has 0 bridgehead atoms. The molecule has 1 heteroatoms. The van der Waals surface area contributed by atoms with Crippen LogP contribution >= 0.6 is 0 Å². The molecule has 0 atom stereocenters. The molecular formula is C13H24O. The lowest BCUT2D eigenvalue weighted by Gasteiger charge is -2.35. The van der Waals surface area contributed by atoms with Crippen molar-refractivity contribution in [2.75, 3.05) is 0 Å². The maximum atomic E-state index is 6.15. The van der Waals surface area contributed by atoms with Gasteiger partial charge >= 0.3 is 0 Å². The molecule has 2 rings (SSSR count). The molecule has 1 nitrogen and oxygen atoms in total. The van der Waals surface area contributed by atoms with Crippen molar-refractivity contribution in [1.29, 1.82) is 0 Å².